The molecular formula is C21H21ClN2O3. The molecule has 0 N–H and O–H groups in total. The van der Waals surface area contributed by atoms with Crippen LogP contribution in [0, 0.1) is 0 Å². The predicted molar refractivity (Wildman–Crippen MR) is 107 cm³/mol. The second-order valence-electron chi connectivity index (χ2n) is 6.40. The number of aromatic nitrogens is 2. The molecule has 0 atom stereocenters. The van der Waals surface area contributed by atoms with Crippen molar-refractivity contribution in [1.82, 2.24) is 9.55 Å². The Morgan fingerprint density at radius 3 is 2.89 bits per heavy atom. The predicted octanol–water partition coefficient (Wildman–Crippen LogP) is 4.28. The van der Waals surface area contributed by atoms with E-state index in [1.807, 2.05) is 32.1 Å². The number of hydrogen-bond donors (Lipinski definition) is 0. The number of hydrogen-bond acceptors (Lipinski definition) is 4. The Morgan fingerprint density at radius 2 is 2.22 bits per heavy atom. The zero-order chi connectivity index (χ0) is 19.6. The fraction of sp³-hybridized carbons (Fsp3) is 0.286. The van der Waals surface area contributed by atoms with Crippen LogP contribution in [-0.2, 0) is 17.7 Å². The van der Waals surface area contributed by atoms with Crippen LogP contribution in [0.4, 0.5) is 0 Å². The van der Waals surface area contributed by atoms with E-state index in [9.17, 15) is 9.59 Å². The number of carbonyl (C=O) groups is 1. The summed E-state index contributed by atoms with van der Waals surface area (Å²) in [6.45, 7) is 6.41. The number of pyridine rings is 2. The lowest BCUT2D eigenvalue weighted by Gasteiger charge is -2.13. The van der Waals surface area contributed by atoms with Gasteiger partial charge in [0.05, 0.1) is 22.9 Å². The quantitative estimate of drug-likeness (QED) is 0.570. The number of rotatable bonds is 5. The monoisotopic (exact) mass is 384 g/mol. The average molecular weight is 385 g/mol. The maximum absolute atomic E-state index is 12.8. The van der Waals surface area contributed by atoms with Crippen molar-refractivity contribution in [2.45, 2.75) is 33.7 Å². The summed E-state index contributed by atoms with van der Waals surface area (Å²) in [6.07, 6.45) is 9.71. The van der Waals surface area contributed by atoms with Crippen LogP contribution in [0.5, 0.6) is 0 Å². The Balaban J connectivity index is 2.14. The van der Waals surface area contributed by atoms with E-state index in [0.29, 0.717) is 18.7 Å². The van der Waals surface area contributed by atoms with Crippen molar-refractivity contribution in [3.63, 3.8) is 0 Å². The number of nitrogens with zero attached hydrogens (tertiary/aromatic N) is 2. The van der Waals surface area contributed by atoms with E-state index in [0.717, 1.165) is 22.3 Å². The van der Waals surface area contributed by atoms with Gasteiger partial charge in [-0.1, -0.05) is 35.4 Å². The van der Waals surface area contributed by atoms with E-state index in [2.05, 4.69) is 4.98 Å². The molecule has 2 aromatic heterocycles. The first-order valence-corrected chi connectivity index (χ1v) is 9.21. The topological polar surface area (TPSA) is 61.2 Å². The highest BCUT2D eigenvalue weighted by Gasteiger charge is 2.22. The Bertz CT molecular complexity index is 1020. The van der Waals surface area contributed by atoms with E-state index in [1.165, 1.54) is 6.20 Å². The van der Waals surface area contributed by atoms with Gasteiger partial charge in [-0.05, 0) is 38.8 Å². The fourth-order valence-corrected chi connectivity index (χ4v) is 3.37. The molecule has 2 aromatic rings. The van der Waals surface area contributed by atoms with Crippen molar-refractivity contribution in [2.75, 3.05) is 6.61 Å². The first-order valence-electron chi connectivity index (χ1n) is 8.84. The summed E-state index contributed by atoms with van der Waals surface area (Å²) in [7, 11) is 0. The Kier molecular flexibility index (Phi) is 5.61. The second-order valence-corrected chi connectivity index (χ2v) is 6.81. The summed E-state index contributed by atoms with van der Waals surface area (Å²) in [5.74, 6) is -0.499. The zero-order valence-electron chi connectivity index (χ0n) is 15.6. The molecule has 0 aromatic carbocycles. The molecule has 140 valence electrons. The van der Waals surface area contributed by atoms with Crippen LogP contribution >= 0.6 is 11.6 Å². The molecule has 27 heavy (non-hydrogen) atoms. The summed E-state index contributed by atoms with van der Waals surface area (Å²) < 4.78 is 6.67. The molecule has 5 nitrogen and oxygen atoms in total. The fourth-order valence-electron chi connectivity index (χ4n) is 3.14. The molecule has 0 radical (unpaired) electrons. The minimum absolute atomic E-state index is 0.00851. The maximum Gasteiger partial charge on any atom is 0.341 e. The molecule has 0 saturated heterocycles. The summed E-state index contributed by atoms with van der Waals surface area (Å²) in [6, 6.07) is 1.65. The van der Waals surface area contributed by atoms with Gasteiger partial charge in [0.15, 0.2) is 0 Å². The summed E-state index contributed by atoms with van der Waals surface area (Å²) >= 11 is 6.31. The Morgan fingerprint density at radius 1 is 1.44 bits per heavy atom. The highest BCUT2D eigenvalue weighted by atomic mass is 35.5. The SMILES string of the molecule is C/C=C/Cn1cc(-c2cc(Cl)c(C(=O)OCC)cn2)c2c(c1=O)CC(C)=C2. The van der Waals surface area contributed by atoms with Gasteiger partial charge in [-0.2, -0.15) is 0 Å². The zero-order valence-corrected chi connectivity index (χ0v) is 16.3. The van der Waals surface area contributed by atoms with Crippen LogP contribution in [0.1, 0.15) is 42.3 Å². The van der Waals surface area contributed by atoms with E-state index in [1.54, 1.807) is 23.8 Å². The van der Waals surface area contributed by atoms with E-state index >= 15 is 0 Å². The van der Waals surface area contributed by atoms with Crippen LogP contribution in [-0.4, -0.2) is 22.1 Å². The van der Waals surface area contributed by atoms with Crippen molar-refractivity contribution in [3.8, 4) is 11.3 Å². The Hall–Kier alpha value is -2.66. The second kappa shape index (κ2) is 7.92. The van der Waals surface area contributed by atoms with Gasteiger partial charge in [0.25, 0.3) is 5.56 Å². The number of allylic oxidation sites excluding steroid dienone is 3. The van der Waals surface area contributed by atoms with Gasteiger partial charge in [-0.15, -0.1) is 0 Å². The third-order valence-corrected chi connectivity index (χ3v) is 4.74. The summed E-state index contributed by atoms with van der Waals surface area (Å²) in [5, 5.41) is 0.275. The third kappa shape index (κ3) is 3.74. The van der Waals surface area contributed by atoms with Crippen LogP contribution in [0.2, 0.25) is 5.02 Å². The highest BCUT2D eigenvalue weighted by molar-refractivity contribution is 6.33. The number of halogens is 1. The number of fused-ring (bicyclic) bond motifs is 1. The maximum atomic E-state index is 12.8. The minimum atomic E-state index is -0.499. The van der Waals surface area contributed by atoms with Crippen molar-refractivity contribution in [2.24, 2.45) is 0 Å². The molecule has 0 aliphatic heterocycles. The minimum Gasteiger partial charge on any atom is -0.462 e. The van der Waals surface area contributed by atoms with Crippen molar-refractivity contribution < 1.29 is 9.53 Å². The molecule has 0 fully saturated rings. The number of ether oxygens (including phenoxy) is 1. The van der Waals surface area contributed by atoms with Gasteiger partial charge >= 0.3 is 5.97 Å². The van der Waals surface area contributed by atoms with Gasteiger partial charge in [0.2, 0.25) is 0 Å². The van der Waals surface area contributed by atoms with E-state index in [4.69, 9.17) is 16.3 Å². The highest BCUT2D eigenvalue weighted by Crippen LogP contribution is 2.32. The number of esters is 1. The first kappa shape index (κ1) is 19.1. The molecule has 1 aliphatic carbocycles. The lowest BCUT2D eigenvalue weighted by molar-refractivity contribution is 0.0526. The first-order chi connectivity index (χ1) is 13.0. The molecule has 2 heterocycles. The standard InChI is InChI=1S/C21H21ClN2O3/c1-4-6-7-24-12-17(14-8-13(3)9-15(14)20(24)25)19-10-18(22)16(11-23-19)21(26)27-5-2/h4,6,8,10-12H,5,7,9H2,1-3H3/b6-4+. The molecule has 0 saturated carbocycles. The van der Waals surface area contributed by atoms with Gasteiger partial charge in [-0.3, -0.25) is 9.78 Å². The van der Waals surface area contributed by atoms with Gasteiger partial charge in [0.1, 0.15) is 0 Å². The molecule has 3 rings (SSSR count). The lowest BCUT2D eigenvalue weighted by Crippen LogP contribution is -2.24. The summed E-state index contributed by atoms with van der Waals surface area (Å²) in [5.41, 5.74) is 4.44. The molecule has 1 aliphatic rings. The van der Waals surface area contributed by atoms with Crippen LogP contribution in [0.15, 0.2) is 41.0 Å². The Labute approximate surface area is 163 Å². The van der Waals surface area contributed by atoms with Crippen molar-refractivity contribution in [3.05, 3.63) is 68.3 Å². The van der Waals surface area contributed by atoms with Crippen molar-refractivity contribution >= 4 is 23.6 Å². The third-order valence-electron chi connectivity index (χ3n) is 4.43. The molecule has 0 bridgehead atoms. The van der Waals surface area contributed by atoms with Crippen LogP contribution in [0.25, 0.3) is 17.3 Å². The van der Waals surface area contributed by atoms with Gasteiger partial charge in [0, 0.05) is 30.1 Å². The molecule has 0 unspecified atom stereocenters. The van der Waals surface area contributed by atoms with Crippen LogP contribution in [0.3, 0.4) is 0 Å². The smallest absolute Gasteiger partial charge is 0.341 e. The largest absolute Gasteiger partial charge is 0.462 e. The number of carbonyl (C=O) groups excluding carboxylic acids is 1. The normalized spacial score (nSPS) is 13.0. The summed E-state index contributed by atoms with van der Waals surface area (Å²) in [4.78, 5) is 29.1. The van der Waals surface area contributed by atoms with Gasteiger partial charge < -0.3 is 9.30 Å². The molecule has 0 amide bonds. The molecular weight excluding hydrogens is 364 g/mol. The van der Waals surface area contributed by atoms with Crippen LogP contribution < -0.4 is 5.56 Å². The van der Waals surface area contributed by atoms with E-state index in [-0.39, 0.29) is 22.8 Å². The van der Waals surface area contributed by atoms with E-state index < -0.39 is 5.97 Å². The van der Waals surface area contributed by atoms with Gasteiger partial charge in [-0.25, -0.2) is 4.79 Å². The average Bonchev–Trinajstić information content (AvgIpc) is 3.03. The molecule has 0 spiro atoms. The molecule has 6 heteroatoms. The lowest BCUT2D eigenvalue weighted by atomic mass is 10.0. The van der Waals surface area contributed by atoms with Crippen molar-refractivity contribution in [1.29, 1.82) is 0 Å².